The van der Waals surface area contributed by atoms with Gasteiger partial charge in [-0.3, -0.25) is 0 Å². The van der Waals surface area contributed by atoms with Crippen molar-refractivity contribution in [2.75, 3.05) is 31.9 Å². The lowest BCUT2D eigenvalue weighted by Crippen LogP contribution is -2.33. The lowest BCUT2D eigenvalue weighted by atomic mass is 10.3. The molecule has 5 nitrogen and oxygen atoms in total. The molecule has 0 unspecified atom stereocenters. The van der Waals surface area contributed by atoms with Crippen molar-refractivity contribution in [2.45, 2.75) is 17.7 Å². The number of likely N-dealkylation sites (tertiary alicyclic amines) is 1. The van der Waals surface area contributed by atoms with E-state index < -0.39 is 10.0 Å². The van der Waals surface area contributed by atoms with Crippen molar-refractivity contribution in [3.8, 4) is 0 Å². The lowest BCUT2D eigenvalue weighted by molar-refractivity contribution is 0.344. The Kier molecular flexibility index (Phi) is 4.67. The predicted octanol–water partition coefficient (Wildman–Crippen LogP) is 1.30. The number of benzene rings is 1. The minimum atomic E-state index is -3.51. The monoisotopic (exact) mass is 303 g/mol. The van der Waals surface area contributed by atoms with Gasteiger partial charge in [-0.1, -0.05) is 11.6 Å². The van der Waals surface area contributed by atoms with Gasteiger partial charge in [-0.05, 0) is 44.1 Å². The highest BCUT2D eigenvalue weighted by molar-refractivity contribution is 7.89. The van der Waals surface area contributed by atoms with Gasteiger partial charge in [-0.25, -0.2) is 13.1 Å². The van der Waals surface area contributed by atoms with Crippen LogP contribution in [0.3, 0.4) is 0 Å². The summed E-state index contributed by atoms with van der Waals surface area (Å²) in [4.78, 5) is 2.40. The summed E-state index contributed by atoms with van der Waals surface area (Å²) in [5.74, 6) is 0. The van der Waals surface area contributed by atoms with Crippen LogP contribution in [0.25, 0.3) is 0 Å². The van der Waals surface area contributed by atoms with Crippen LogP contribution in [0.5, 0.6) is 0 Å². The molecule has 1 heterocycles. The van der Waals surface area contributed by atoms with Crippen molar-refractivity contribution in [1.29, 1.82) is 0 Å². The number of nitrogens with one attached hydrogen (secondary N) is 1. The molecule has 1 fully saturated rings. The zero-order valence-corrected chi connectivity index (χ0v) is 12.2. The Balaban J connectivity index is 1.95. The Morgan fingerprint density at radius 1 is 1.32 bits per heavy atom. The molecule has 0 aromatic heterocycles. The van der Waals surface area contributed by atoms with E-state index in [0.717, 1.165) is 19.6 Å². The van der Waals surface area contributed by atoms with Crippen LogP contribution in [-0.4, -0.2) is 39.5 Å². The molecule has 0 amide bonds. The lowest BCUT2D eigenvalue weighted by Gasteiger charge is -2.15. The minimum absolute atomic E-state index is 0.149. The molecule has 0 radical (unpaired) electrons. The van der Waals surface area contributed by atoms with Crippen LogP contribution < -0.4 is 10.5 Å². The van der Waals surface area contributed by atoms with Crippen LogP contribution in [0, 0.1) is 0 Å². The Bertz CT molecular complexity index is 542. The molecule has 0 atom stereocenters. The molecule has 0 bridgehead atoms. The summed E-state index contributed by atoms with van der Waals surface area (Å²) in [7, 11) is -3.51. The van der Waals surface area contributed by atoms with Crippen LogP contribution in [0.2, 0.25) is 5.02 Å². The van der Waals surface area contributed by atoms with E-state index in [0.29, 0.717) is 11.6 Å². The molecule has 7 heteroatoms. The van der Waals surface area contributed by atoms with Gasteiger partial charge in [-0.15, -0.1) is 0 Å². The average Bonchev–Trinajstić information content (AvgIpc) is 2.85. The Morgan fingerprint density at radius 2 is 2.00 bits per heavy atom. The van der Waals surface area contributed by atoms with E-state index in [2.05, 4.69) is 9.62 Å². The number of nitrogens with zero attached hydrogens (tertiary/aromatic N) is 1. The third-order valence-electron chi connectivity index (χ3n) is 3.20. The quantitative estimate of drug-likeness (QED) is 0.804. The van der Waals surface area contributed by atoms with Gasteiger partial charge in [0.25, 0.3) is 0 Å². The third kappa shape index (κ3) is 3.82. The van der Waals surface area contributed by atoms with E-state index in [-0.39, 0.29) is 10.6 Å². The fourth-order valence-electron chi connectivity index (χ4n) is 2.12. The largest absolute Gasteiger partial charge is 0.397 e. The van der Waals surface area contributed by atoms with E-state index in [1.165, 1.54) is 31.0 Å². The first-order chi connectivity index (χ1) is 8.99. The average molecular weight is 304 g/mol. The minimum Gasteiger partial charge on any atom is -0.397 e. The van der Waals surface area contributed by atoms with Gasteiger partial charge in [0.15, 0.2) is 0 Å². The first-order valence-corrected chi connectivity index (χ1v) is 8.12. The molecule has 0 saturated carbocycles. The standard InChI is InChI=1S/C12H18ClN3O2S/c13-11-4-3-10(9-12(11)14)19(17,18)15-5-8-16-6-1-2-7-16/h3-4,9,15H,1-2,5-8,14H2. The third-order valence-corrected chi connectivity index (χ3v) is 5.00. The van der Waals surface area contributed by atoms with Crippen molar-refractivity contribution in [3.05, 3.63) is 23.2 Å². The number of anilines is 1. The molecular formula is C12H18ClN3O2S. The highest BCUT2D eigenvalue weighted by Gasteiger charge is 2.16. The molecule has 0 spiro atoms. The van der Waals surface area contributed by atoms with E-state index in [9.17, 15) is 8.42 Å². The Labute approximate surface area is 118 Å². The normalized spacial score (nSPS) is 16.9. The van der Waals surface area contributed by atoms with Gasteiger partial charge in [-0.2, -0.15) is 0 Å². The fourth-order valence-corrected chi connectivity index (χ4v) is 3.29. The van der Waals surface area contributed by atoms with Gasteiger partial charge in [0.05, 0.1) is 15.6 Å². The molecular weight excluding hydrogens is 286 g/mol. The van der Waals surface area contributed by atoms with E-state index in [1.807, 2.05) is 0 Å². The Morgan fingerprint density at radius 3 is 2.63 bits per heavy atom. The van der Waals surface area contributed by atoms with Gasteiger partial charge < -0.3 is 10.6 Å². The summed E-state index contributed by atoms with van der Waals surface area (Å²) in [6, 6.07) is 4.32. The van der Waals surface area contributed by atoms with E-state index in [1.54, 1.807) is 0 Å². The number of nitrogens with two attached hydrogens (primary N) is 1. The summed E-state index contributed by atoms with van der Waals surface area (Å²) < 4.78 is 26.7. The molecule has 1 aromatic carbocycles. The number of rotatable bonds is 5. The summed E-state index contributed by atoms with van der Waals surface area (Å²) in [5, 5.41) is 0.357. The van der Waals surface area contributed by atoms with Crippen molar-refractivity contribution >= 4 is 27.3 Å². The molecule has 106 valence electrons. The van der Waals surface area contributed by atoms with Crippen molar-refractivity contribution in [2.24, 2.45) is 0 Å². The van der Waals surface area contributed by atoms with Crippen molar-refractivity contribution < 1.29 is 8.42 Å². The molecule has 3 N–H and O–H groups in total. The van der Waals surface area contributed by atoms with Gasteiger partial charge >= 0.3 is 0 Å². The van der Waals surface area contributed by atoms with Crippen molar-refractivity contribution in [3.63, 3.8) is 0 Å². The summed E-state index contributed by atoms with van der Waals surface area (Å²) in [5.41, 5.74) is 5.88. The number of sulfonamides is 1. The van der Waals surface area contributed by atoms with Crippen LogP contribution >= 0.6 is 11.6 Å². The fraction of sp³-hybridized carbons (Fsp3) is 0.500. The number of nitrogen functional groups attached to an aromatic ring is 1. The SMILES string of the molecule is Nc1cc(S(=O)(=O)NCCN2CCCC2)ccc1Cl. The van der Waals surface area contributed by atoms with Gasteiger partial charge in [0.2, 0.25) is 10.0 Å². The predicted molar refractivity (Wildman–Crippen MR) is 76.7 cm³/mol. The summed E-state index contributed by atoms with van der Waals surface area (Å²) >= 11 is 5.77. The second-order valence-corrected chi connectivity index (χ2v) is 6.80. The summed E-state index contributed by atoms with van der Waals surface area (Å²) in [6.07, 6.45) is 2.39. The number of halogens is 1. The smallest absolute Gasteiger partial charge is 0.240 e. The maximum absolute atomic E-state index is 12.0. The molecule has 1 aliphatic rings. The highest BCUT2D eigenvalue weighted by Crippen LogP contribution is 2.21. The van der Waals surface area contributed by atoms with Gasteiger partial charge in [0.1, 0.15) is 0 Å². The first-order valence-electron chi connectivity index (χ1n) is 6.26. The molecule has 19 heavy (non-hydrogen) atoms. The molecule has 1 saturated heterocycles. The van der Waals surface area contributed by atoms with Crippen LogP contribution in [0.1, 0.15) is 12.8 Å². The molecule has 1 aromatic rings. The molecule has 0 aliphatic carbocycles. The zero-order valence-electron chi connectivity index (χ0n) is 10.6. The molecule has 1 aliphatic heterocycles. The molecule has 2 rings (SSSR count). The topological polar surface area (TPSA) is 75.4 Å². The second-order valence-electron chi connectivity index (χ2n) is 4.63. The maximum atomic E-state index is 12.0. The summed E-state index contributed by atoms with van der Waals surface area (Å²) in [6.45, 7) is 3.25. The van der Waals surface area contributed by atoms with Crippen LogP contribution in [-0.2, 0) is 10.0 Å². The second kappa shape index (κ2) is 6.09. The Hall–Kier alpha value is -0.820. The van der Waals surface area contributed by atoms with Gasteiger partial charge in [0, 0.05) is 13.1 Å². The van der Waals surface area contributed by atoms with Crippen LogP contribution in [0.4, 0.5) is 5.69 Å². The van der Waals surface area contributed by atoms with Crippen molar-refractivity contribution in [1.82, 2.24) is 9.62 Å². The first kappa shape index (κ1) is 14.6. The number of hydrogen-bond acceptors (Lipinski definition) is 4. The number of hydrogen-bond donors (Lipinski definition) is 2. The van der Waals surface area contributed by atoms with E-state index in [4.69, 9.17) is 17.3 Å². The zero-order chi connectivity index (χ0) is 13.9. The highest BCUT2D eigenvalue weighted by atomic mass is 35.5. The van der Waals surface area contributed by atoms with E-state index >= 15 is 0 Å². The maximum Gasteiger partial charge on any atom is 0.240 e. The van der Waals surface area contributed by atoms with Crippen LogP contribution in [0.15, 0.2) is 23.1 Å².